The summed E-state index contributed by atoms with van der Waals surface area (Å²) in [6.07, 6.45) is 1.68. The van der Waals surface area contributed by atoms with Crippen molar-refractivity contribution in [1.29, 1.82) is 0 Å². The molecule has 0 amide bonds. The molecule has 1 aromatic heterocycles. The van der Waals surface area contributed by atoms with Crippen molar-refractivity contribution in [2.45, 2.75) is 6.92 Å². The second-order valence-corrected chi connectivity index (χ2v) is 4.80. The van der Waals surface area contributed by atoms with Crippen LogP contribution in [0.15, 0.2) is 34.9 Å². The molecule has 0 aliphatic rings. The van der Waals surface area contributed by atoms with E-state index in [2.05, 4.69) is 20.9 Å². The maximum absolute atomic E-state index is 13.2. The van der Waals surface area contributed by atoms with Crippen LogP contribution in [0, 0.1) is 18.6 Å². The first kappa shape index (κ1) is 13.0. The van der Waals surface area contributed by atoms with E-state index in [-0.39, 0.29) is 0 Å². The fraction of sp³-hybridized carbons (Fsp3) is 0.154. The number of nitrogens with zero attached hydrogens (tertiary/aromatic N) is 2. The normalized spacial score (nSPS) is 10.5. The van der Waals surface area contributed by atoms with Crippen molar-refractivity contribution in [2.24, 2.45) is 0 Å². The molecule has 0 atom stereocenters. The molecule has 18 heavy (non-hydrogen) atoms. The lowest BCUT2D eigenvalue weighted by molar-refractivity contribution is 0.509. The van der Waals surface area contributed by atoms with E-state index < -0.39 is 11.6 Å². The van der Waals surface area contributed by atoms with Crippen LogP contribution in [-0.2, 0) is 0 Å². The van der Waals surface area contributed by atoms with Gasteiger partial charge in [0.15, 0.2) is 11.6 Å². The van der Waals surface area contributed by atoms with E-state index in [1.807, 2.05) is 13.0 Å². The molecule has 2 aromatic rings. The van der Waals surface area contributed by atoms with Gasteiger partial charge >= 0.3 is 0 Å². The maximum atomic E-state index is 13.2. The summed E-state index contributed by atoms with van der Waals surface area (Å²) in [6, 6.07) is 5.63. The number of aromatic nitrogens is 1. The molecule has 94 valence electrons. The molecule has 0 aliphatic carbocycles. The lowest BCUT2D eigenvalue weighted by Crippen LogP contribution is -2.11. The predicted molar refractivity (Wildman–Crippen MR) is 71.1 cm³/mol. The summed E-state index contributed by atoms with van der Waals surface area (Å²) >= 11 is 3.37. The third-order valence-electron chi connectivity index (χ3n) is 2.67. The first-order chi connectivity index (χ1) is 8.49. The van der Waals surface area contributed by atoms with Gasteiger partial charge in [0, 0.05) is 29.5 Å². The monoisotopic (exact) mass is 312 g/mol. The van der Waals surface area contributed by atoms with E-state index in [1.54, 1.807) is 18.1 Å². The molecular formula is C13H11BrF2N2. The molecule has 0 radical (unpaired) electrons. The molecule has 0 fully saturated rings. The first-order valence-electron chi connectivity index (χ1n) is 5.30. The van der Waals surface area contributed by atoms with Gasteiger partial charge in [0.05, 0.1) is 0 Å². The molecule has 1 aromatic carbocycles. The Kier molecular flexibility index (Phi) is 3.61. The summed E-state index contributed by atoms with van der Waals surface area (Å²) in [7, 11) is 1.75. The van der Waals surface area contributed by atoms with Crippen LogP contribution in [0.4, 0.5) is 20.3 Å². The maximum Gasteiger partial charge on any atom is 0.160 e. The van der Waals surface area contributed by atoms with Crippen molar-refractivity contribution in [3.8, 4) is 0 Å². The molecule has 2 nitrogen and oxygen atoms in total. The van der Waals surface area contributed by atoms with Gasteiger partial charge in [0.25, 0.3) is 0 Å². The molecule has 0 saturated heterocycles. The van der Waals surface area contributed by atoms with Gasteiger partial charge in [-0.25, -0.2) is 13.8 Å². The van der Waals surface area contributed by atoms with Gasteiger partial charge in [-0.1, -0.05) is 0 Å². The van der Waals surface area contributed by atoms with E-state index >= 15 is 0 Å². The Morgan fingerprint density at radius 2 is 1.89 bits per heavy atom. The molecule has 1 heterocycles. The Morgan fingerprint density at radius 3 is 2.50 bits per heavy atom. The summed E-state index contributed by atoms with van der Waals surface area (Å²) in [5.74, 6) is -1.05. The van der Waals surface area contributed by atoms with Crippen LogP contribution >= 0.6 is 15.9 Å². The molecule has 0 spiro atoms. The molecule has 0 bridgehead atoms. The molecule has 0 N–H and O–H groups in total. The summed E-state index contributed by atoms with van der Waals surface area (Å²) in [5.41, 5.74) is 1.57. The van der Waals surface area contributed by atoms with Crippen LogP contribution < -0.4 is 4.90 Å². The second-order valence-electron chi connectivity index (χ2n) is 3.95. The van der Waals surface area contributed by atoms with Crippen molar-refractivity contribution in [3.63, 3.8) is 0 Å². The SMILES string of the molecule is Cc1cc(N(C)c2ccc(F)c(F)c2)ncc1Br. The first-order valence-corrected chi connectivity index (χ1v) is 6.09. The quantitative estimate of drug-likeness (QED) is 0.826. The van der Waals surface area contributed by atoms with Crippen molar-refractivity contribution < 1.29 is 8.78 Å². The number of hydrogen-bond acceptors (Lipinski definition) is 2. The average molecular weight is 313 g/mol. The smallest absolute Gasteiger partial charge is 0.160 e. The summed E-state index contributed by atoms with van der Waals surface area (Å²) in [5, 5.41) is 0. The number of aryl methyl sites for hydroxylation is 1. The standard InChI is InChI=1S/C13H11BrF2N2/c1-8-5-13(17-7-10(8)14)18(2)9-3-4-11(15)12(16)6-9/h3-7H,1-2H3. The number of halogens is 3. The zero-order chi connectivity index (χ0) is 13.3. The third kappa shape index (κ3) is 2.51. The lowest BCUT2D eigenvalue weighted by Gasteiger charge is -2.19. The van der Waals surface area contributed by atoms with Crippen LogP contribution in [0.2, 0.25) is 0 Å². The number of hydrogen-bond donors (Lipinski definition) is 0. The highest BCUT2D eigenvalue weighted by atomic mass is 79.9. The summed E-state index contributed by atoms with van der Waals surface area (Å²) in [4.78, 5) is 5.93. The molecule has 0 saturated carbocycles. The van der Waals surface area contributed by atoms with Gasteiger partial charge in [-0.3, -0.25) is 0 Å². The minimum atomic E-state index is -0.867. The highest BCUT2D eigenvalue weighted by Crippen LogP contribution is 2.26. The Labute approximate surface area is 112 Å². The van der Waals surface area contributed by atoms with E-state index in [0.29, 0.717) is 11.5 Å². The highest BCUT2D eigenvalue weighted by Gasteiger charge is 2.09. The Morgan fingerprint density at radius 1 is 1.17 bits per heavy atom. The fourth-order valence-electron chi connectivity index (χ4n) is 1.53. The van der Waals surface area contributed by atoms with Crippen molar-refractivity contribution >= 4 is 27.4 Å². The molecule has 0 aliphatic heterocycles. The van der Waals surface area contributed by atoms with Crippen LogP contribution in [-0.4, -0.2) is 12.0 Å². The van der Waals surface area contributed by atoms with Gasteiger partial charge in [-0.15, -0.1) is 0 Å². The zero-order valence-corrected chi connectivity index (χ0v) is 11.5. The molecule has 5 heteroatoms. The topological polar surface area (TPSA) is 16.1 Å². The fourth-order valence-corrected chi connectivity index (χ4v) is 1.75. The summed E-state index contributed by atoms with van der Waals surface area (Å²) in [6.45, 7) is 1.94. The Hall–Kier alpha value is -1.49. The number of anilines is 2. The molecule has 2 rings (SSSR count). The largest absolute Gasteiger partial charge is 0.329 e. The predicted octanol–water partition coefficient (Wildman–Crippen LogP) is 4.20. The van der Waals surface area contributed by atoms with Gasteiger partial charge in [-0.2, -0.15) is 0 Å². The number of rotatable bonds is 2. The number of pyridine rings is 1. The highest BCUT2D eigenvalue weighted by molar-refractivity contribution is 9.10. The van der Waals surface area contributed by atoms with Crippen LogP contribution in [0.1, 0.15) is 5.56 Å². The van der Waals surface area contributed by atoms with Gasteiger partial charge in [0.1, 0.15) is 5.82 Å². The van der Waals surface area contributed by atoms with Crippen molar-refractivity contribution in [2.75, 3.05) is 11.9 Å². The van der Waals surface area contributed by atoms with Gasteiger partial charge in [-0.05, 0) is 46.6 Å². The Balaban J connectivity index is 2.37. The number of benzene rings is 1. The van der Waals surface area contributed by atoms with Crippen molar-refractivity contribution in [1.82, 2.24) is 4.98 Å². The van der Waals surface area contributed by atoms with Crippen LogP contribution in [0.25, 0.3) is 0 Å². The van der Waals surface area contributed by atoms with E-state index in [4.69, 9.17) is 0 Å². The molecule has 0 unspecified atom stereocenters. The minimum absolute atomic E-state index is 0.545. The van der Waals surface area contributed by atoms with E-state index in [0.717, 1.165) is 22.2 Å². The lowest BCUT2D eigenvalue weighted by atomic mass is 10.2. The summed E-state index contributed by atoms with van der Waals surface area (Å²) < 4.78 is 26.9. The van der Waals surface area contributed by atoms with E-state index in [1.165, 1.54) is 6.07 Å². The van der Waals surface area contributed by atoms with E-state index in [9.17, 15) is 8.78 Å². The third-order valence-corrected chi connectivity index (χ3v) is 3.50. The van der Waals surface area contributed by atoms with Crippen molar-refractivity contribution in [3.05, 3.63) is 52.1 Å². The van der Waals surface area contributed by atoms with Gasteiger partial charge in [0.2, 0.25) is 0 Å². The minimum Gasteiger partial charge on any atom is -0.329 e. The Bertz CT molecular complexity index is 536. The van der Waals surface area contributed by atoms with Gasteiger partial charge < -0.3 is 4.90 Å². The van der Waals surface area contributed by atoms with Crippen LogP contribution in [0.5, 0.6) is 0 Å². The zero-order valence-electron chi connectivity index (χ0n) is 9.92. The molecular weight excluding hydrogens is 302 g/mol. The van der Waals surface area contributed by atoms with Crippen LogP contribution in [0.3, 0.4) is 0 Å². The second kappa shape index (κ2) is 5.02. The average Bonchev–Trinajstić information content (AvgIpc) is 2.35.